The van der Waals surface area contributed by atoms with Crippen molar-refractivity contribution < 1.29 is 4.79 Å². The van der Waals surface area contributed by atoms with E-state index in [2.05, 4.69) is 26.2 Å². The normalized spacial score (nSPS) is 12.1. The average molecular weight is 271 g/mol. The minimum absolute atomic E-state index is 0.0508. The number of halogens is 1. The van der Waals surface area contributed by atoms with E-state index >= 15 is 0 Å². The smallest absolute Gasteiger partial charge is 0.253 e. The van der Waals surface area contributed by atoms with Crippen LogP contribution in [-0.2, 0) is 0 Å². The number of aromatic nitrogens is 1. The Morgan fingerprint density at radius 3 is 3.07 bits per heavy atom. The van der Waals surface area contributed by atoms with E-state index in [1.54, 1.807) is 24.5 Å². The number of rotatable bonds is 5. The predicted molar refractivity (Wildman–Crippen MR) is 64.2 cm³/mol. The fourth-order valence-electron chi connectivity index (χ4n) is 1.26. The van der Waals surface area contributed by atoms with Crippen LogP contribution in [0, 0.1) is 0 Å². The Hall–Kier alpha value is -0.900. The third-order valence-electron chi connectivity index (χ3n) is 2.07. The van der Waals surface area contributed by atoms with Gasteiger partial charge in [0.15, 0.2) is 0 Å². The second kappa shape index (κ2) is 6.56. The lowest BCUT2D eigenvalue weighted by Crippen LogP contribution is -2.32. The summed E-state index contributed by atoms with van der Waals surface area (Å²) >= 11 is 3.37. The molecular formula is C11H15BrN2O. The van der Waals surface area contributed by atoms with Crippen LogP contribution in [0.3, 0.4) is 0 Å². The highest BCUT2D eigenvalue weighted by molar-refractivity contribution is 9.09. The first-order valence-electron chi connectivity index (χ1n) is 5.01. The third-order valence-corrected chi connectivity index (χ3v) is 2.63. The highest BCUT2D eigenvalue weighted by Gasteiger charge is 2.08. The molecule has 0 aromatic carbocycles. The van der Waals surface area contributed by atoms with E-state index in [9.17, 15) is 4.79 Å². The quantitative estimate of drug-likeness (QED) is 0.835. The van der Waals surface area contributed by atoms with Gasteiger partial charge in [-0.2, -0.15) is 0 Å². The summed E-state index contributed by atoms with van der Waals surface area (Å²) in [5, 5.41) is 3.90. The Bertz CT molecular complexity index is 303. The lowest BCUT2D eigenvalue weighted by molar-refractivity contribution is 0.0938. The van der Waals surface area contributed by atoms with E-state index < -0.39 is 0 Å². The SMILES string of the molecule is CC(CCCBr)NC(=O)c1cccnc1. The van der Waals surface area contributed by atoms with Gasteiger partial charge in [0.2, 0.25) is 0 Å². The summed E-state index contributed by atoms with van der Waals surface area (Å²) < 4.78 is 0. The van der Waals surface area contributed by atoms with Crippen molar-refractivity contribution in [1.82, 2.24) is 10.3 Å². The van der Waals surface area contributed by atoms with Gasteiger partial charge in [-0.15, -0.1) is 0 Å². The number of amides is 1. The van der Waals surface area contributed by atoms with Crippen molar-refractivity contribution in [2.45, 2.75) is 25.8 Å². The molecule has 1 heterocycles. The number of alkyl halides is 1. The van der Waals surface area contributed by atoms with Gasteiger partial charge in [0.25, 0.3) is 5.91 Å². The molecule has 3 nitrogen and oxygen atoms in total. The molecule has 4 heteroatoms. The molecule has 1 amide bonds. The van der Waals surface area contributed by atoms with Gasteiger partial charge in [-0.25, -0.2) is 0 Å². The molecule has 1 aromatic heterocycles. The first-order valence-corrected chi connectivity index (χ1v) is 6.13. The highest BCUT2D eigenvalue weighted by atomic mass is 79.9. The van der Waals surface area contributed by atoms with Gasteiger partial charge in [-0.1, -0.05) is 15.9 Å². The zero-order valence-electron chi connectivity index (χ0n) is 8.74. The molecule has 0 aliphatic rings. The molecule has 1 rings (SSSR count). The minimum Gasteiger partial charge on any atom is -0.350 e. The summed E-state index contributed by atoms with van der Waals surface area (Å²) in [7, 11) is 0. The van der Waals surface area contributed by atoms with E-state index in [1.807, 2.05) is 6.92 Å². The number of pyridine rings is 1. The van der Waals surface area contributed by atoms with Crippen LogP contribution in [-0.4, -0.2) is 22.3 Å². The van der Waals surface area contributed by atoms with Gasteiger partial charge in [0.05, 0.1) is 5.56 Å². The van der Waals surface area contributed by atoms with E-state index in [-0.39, 0.29) is 11.9 Å². The number of carbonyl (C=O) groups excluding carboxylic acids is 1. The number of nitrogens with zero attached hydrogens (tertiary/aromatic N) is 1. The molecule has 1 unspecified atom stereocenters. The monoisotopic (exact) mass is 270 g/mol. The predicted octanol–water partition coefficient (Wildman–Crippen LogP) is 2.38. The average Bonchev–Trinajstić information content (AvgIpc) is 2.27. The molecule has 0 saturated heterocycles. The molecule has 1 atom stereocenters. The van der Waals surface area contributed by atoms with Gasteiger partial charge in [-0.05, 0) is 31.9 Å². The van der Waals surface area contributed by atoms with Crippen molar-refractivity contribution in [3.05, 3.63) is 30.1 Å². The summed E-state index contributed by atoms with van der Waals surface area (Å²) in [5.41, 5.74) is 0.614. The maximum atomic E-state index is 11.7. The molecule has 0 spiro atoms. The minimum atomic E-state index is -0.0508. The highest BCUT2D eigenvalue weighted by Crippen LogP contribution is 2.01. The molecule has 0 aliphatic heterocycles. The van der Waals surface area contributed by atoms with Crippen LogP contribution in [0.1, 0.15) is 30.1 Å². The lowest BCUT2D eigenvalue weighted by Gasteiger charge is -2.12. The number of hydrogen-bond donors (Lipinski definition) is 1. The molecule has 0 radical (unpaired) electrons. The Labute approximate surface area is 98.4 Å². The molecular weight excluding hydrogens is 256 g/mol. The Morgan fingerprint density at radius 1 is 1.67 bits per heavy atom. The first-order chi connectivity index (χ1) is 7.24. The van der Waals surface area contributed by atoms with Gasteiger partial charge in [0, 0.05) is 23.8 Å². The largest absolute Gasteiger partial charge is 0.350 e. The van der Waals surface area contributed by atoms with E-state index in [4.69, 9.17) is 0 Å². The third kappa shape index (κ3) is 4.42. The van der Waals surface area contributed by atoms with Crippen LogP contribution in [0.4, 0.5) is 0 Å². The van der Waals surface area contributed by atoms with Crippen molar-refractivity contribution in [2.24, 2.45) is 0 Å². The molecule has 0 saturated carbocycles. The second-order valence-electron chi connectivity index (χ2n) is 3.45. The molecule has 0 aliphatic carbocycles. The molecule has 1 N–H and O–H groups in total. The van der Waals surface area contributed by atoms with Gasteiger partial charge in [0.1, 0.15) is 0 Å². The van der Waals surface area contributed by atoms with Crippen molar-refractivity contribution in [3.63, 3.8) is 0 Å². The zero-order valence-corrected chi connectivity index (χ0v) is 10.3. The van der Waals surface area contributed by atoms with Crippen molar-refractivity contribution in [1.29, 1.82) is 0 Å². The van der Waals surface area contributed by atoms with Crippen LogP contribution in [0.25, 0.3) is 0 Å². The fraction of sp³-hybridized carbons (Fsp3) is 0.455. The van der Waals surface area contributed by atoms with Gasteiger partial charge in [-0.3, -0.25) is 9.78 Å². The maximum absolute atomic E-state index is 11.7. The summed E-state index contributed by atoms with van der Waals surface area (Å²) in [6.07, 6.45) is 5.28. The fourth-order valence-corrected chi connectivity index (χ4v) is 1.58. The standard InChI is InChI=1S/C11H15BrN2O/c1-9(4-2-6-12)14-11(15)10-5-3-7-13-8-10/h3,5,7-9H,2,4,6H2,1H3,(H,14,15). The topological polar surface area (TPSA) is 42.0 Å². The molecule has 1 aromatic rings. The number of hydrogen-bond acceptors (Lipinski definition) is 2. The summed E-state index contributed by atoms with van der Waals surface area (Å²) in [5.74, 6) is -0.0508. The van der Waals surface area contributed by atoms with Crippen molar-refractivity contribution >= 4 is 21.8 Å². The maximum Gasteiger partial charge on any atom is 0.253 e. The van der Waals surface area contributed by atoms with Crippen LogP contribution < -0.4 is 5.32 Å². The van der Waals surface area contributed by atoms with Gasteiger partial charge >= 0.3 is 0 Å². The van der Waals surface area contributed by atoms with E-state index in [0.29, 0.717) is 5.56 Å². The molecule has 0 fully saturated rings. The Morgan fingerprint density at radius 2 is 2.47 bits per heavy atom. The number of carbonyl (C=O) groups is 1. The molecule has 82 valence electrons. The van der Waals surface area contributed by atoms with E-state index in [1.165, 1.54) is 0 Å². The van der Waals surface area contributed by atoms with Crippen molar-refractivity contribution in [2.75, 3.05) is 5.33 Å². The van der Waals surface area contributed by atoms with Crippen LogP contribution >= 0.6 is 15.9 Å². The van der Waals surface area contributed by atoms with Crippen LogP contribution in [0.2, 0.25) is 0 Å². The Kier molecular flexibility index (Phi) is 5.32. The lowest BCUT2D eigenvalue weighted by atomic mass is 10.2. The molecule has 0 bridgehead atoms. The van der Waals surface area contributed by atoms with Crippen LogP contribution in [0.5, 0.6) is 0 Å². The second-order valence-corrected chi connectivity index (χ2v) is 4.24. The zero-order chi connectivity index (χ0) is 11.1. The van der Waals surface area contributed by atoms with E-state index in [0.717, 1.165) is 18.2 Å². The number of nitrogens with one attached hydrogen (secondary N) is 1. The van der Waals surface area contributed by atoms with Crippen molar-refractivity contribution in [3.8, 4) is 0 Å². The van der Waals surface area contributed by atoms with Gasteiger partial charge < -0.3 is 5.32 Å². The molecule has 15 heavy (non-hydrogen) atoms. The first kappa shape index (κ1) is 12.2. The summed E-state index contributed by atoms with van der Waals surface area (Å²) in [6.45, 7) is 2.01. The summed E-state index contributed by atoms with van der Waals surface area (Å²) in [6, 6.07) is 3.73. The summed E-state index contributed by atoms with van der Waals surface area (Å²) in [4.78, 5) is 15.6. The Balaban J connectivity index is 2.42. The van der Waals surface area contributed by atoms with Crippen LogP contribution in [0.15, 0.2) is 24.5 Å².